The van der Waals surface area contributed by atoms with E-state index in [0.717, 1.165) is 24.8 Å². The quantitative estimate of drug-likeness (QED) is 0.831. The van der Waals surface area contributed by atoms with Crippen molar-refractivity contribution >= 4 is 0 Å². The summed E-state index contributed by atoms with van der Waals surface area (Å²) in [7, 11) is 0. The molecule has 0 fully saturated rings. The minimum absolute atomic E-state index is 0.417. The molecule has 0 amide bonds. The molecule has 1 N–H and O–H groups in total. The lowest BCUT2D eigenvalue weighted by Gasteiger charge is -2.16. The van der Waals surface area contributed by atoms with Crippen molar-refractivity contribution in [3.63, 3.8) is 0 Å². The first-order valence-electron chi connectivity index (χ1n) is 6.28. The molecule has 1 aromatic heterocycles. The SMILES string of the molecule is FC(F)(F)c1ncc(-c2ccc3c(c2)CCCC3)[nH]1. The number of aromatic nitrogens is 2. The lowest BCUT2D eigenvalue weighted by atomic mass is 9.90. The largest absolute Gasteiger partial charge is 0.449 e. The summed E-state index contributed by atoms with van der Waals surface area (Å²) in [6, 6.07) is 5.85. The normalized spacial score (nSPS) is 15.3. The van der Waals surface area contributed by atoms with Crippen molar-refractivity contribution in [3.8, 4) is 11.3 Å². The number of alkyl halides is 3. The van der Waals surface area contributed by atoms with Gasteiger partial charge in [0.2, 0.25) is 5.82 Å². The smallest absolute Gasteiger partial charge is 0.334 e. The Bertz CT molecular complexity index is 599. The summed E-state index contributed by atoms with van der Waals surface area (Å²) in [5.41, 5.74) is 3.74. The number of imidazole rings is 1. The molecule has 1 aromatic carbocycles. The van der Waals surface area contributed by atoms with Crippen LogP contribution in [0.4, 0.5) is 13.2 Å². The topological polar surface area (TPSA) is 28.7 Å². The maximum Gasteiger partial charge on any atom is 0.449 e. The van der Waals surface area contributed by atoms with Gasteiger partial charge in [-0.05, 0) is 48.4 Å². The van der Waals surface area contributed by atoms with Crippen molar-refractivity contribution in [3.05, 3.63) is 41.3 Å². The van der Waals surface area contributed by atoms with Crippen LogP contribution in [0.1, 0.15) is 29.8 Å². The highest BCUT2D eigenvalue weighted by molar-refractivity contribution is 5.61. The Morgan fingerprint density at radius 3 is 2.47 bits per heavy atom. The number of aryl methyl sites for hydroxylation is 2. The van der Waals surface area contributed by atoms with Gasteiger partial charge in [0.05, 0.1) is 11.9 Å². The first kappa shape index (κ1) is 12.3. The highest BCUT2D eigenvalue weighted by atomic mass is 19.4. The van der Waals surface area contributed by atoms with Gasteiger partial charge in [-0.1, -0.05) is 12.1 Å². The molecule has 1 aliphatic rings. The number of halogens is 3. The molecule has 19 heavy (non-hydrogen) atoms. The monoisotopic (exact) mass is 266 g/mol. The molecule has 2 aromatic rings. The van der Waals surface area contributed by atoms with E-state index >= 15 is 0 Å². The molecule has 0 saturated heterocycles. The second-order valence-corrected chi connectivity index (χ2v) is 4.83. The fraction of sp³-hybridized carbons (Fsp3) is 0.357. The third-order valence-electron chi connectivity index (χ3n) is 3.50. The molecule has 0 atom stereocenters. The Kier molecular flexibility index (Phi) is 2.84. The predicted molar refractivity (Wildman–Crippen MR) is 65.7 cm³/mol. The van der Waals surface area contributed by atoms with E-state index in [-0.39, 0.29) is 0 Å². The van der Waals surface area contributed by atoms with Crippen LogP contribution in [0.2, 0.25) is 0 Å². The fourth-order valence-electron chi connectivity index (χ4n) is 2.51. The van der Waals surface area contributed by atoms with Crippen LogP contribution in [0, 0.1) is 0 Å². The molecule has 5 heteroatoms. The zero-order valence-corrected chi connectivity index (χ0v) is 10.2. The molecule has 0 unspecified atom stereocenters. The summed E-state index contributed by atoms with van der Waals surface area (Å²) in [5.74, 6) is -0.944. The second-order valence-electron chi connectivity index (χ2n) is 4.83. The number of H-pyrrole nitrogens is 1. The number of fused-ring (bicyclic) bond motifs is 1. The summed E-state index contributed by atoms with van der Waals surface area (Å²) in [6.07, 6.45) is 1.22. The molecule has 2 nitrogen and oxygen atoms in total. The van der Waals surface area contributed by atoms with Crippen LogP contribution < -0.4 is 0 Å². The predicted octanol–water partition coefficient (Wildman–Crippen LogP) is 3.97. The summed E-state index contributed by atoms with van der Waals surface area (Å²) < 4.78 is 37.5. The zero-order chi connectivity index (χ0) is 13.5. The van der Waals surface area contributed by atoms with Gasteiger partial charge in [-0.2, -0.15) is 13.2 Å². The molecule has 0 saturated carbocycles. The van der Waals surface area contributed by atoms with Crippen LogP contribution in [0.3, 0.4) is 0 Å². The van der Waals surface area contributed by atoms with E-state index in [1.807, 2.05) is 18.2 Å². The van der Waals surface area contributed by atoms with Crippen LogP contribution in [0.25, 0.3) is 11.3 Å². The maximum atomic E-state index is 12.5. The second kappa shape index (κ2) is 4.40. The Hall–Kier alpha value is -1.78. The van der Waals surface area contributed by atoms with Crippen molar-refractivity contribution in [1.82, 2.24) is 9.97 Å². The molecule has 3 rings (SSSR count). The molecule has 1 heterocycles. The molecule has 100 valence electrons. The number of aromatic amines is 1. The Labute approximate surface area is 108 Å². The van der Waals surface area contributed by atoms with Crippen LogP contribution in [-0.2, 0) is 19.0 Å². The van der Waals surface area contributed by atoms with E-state index in [1.54, 1.807) is 0 Å². The number of hydrogen-bond acceptors (Lipinski definition) is 1. The molecule has 0 spiro atoms. The number of hydrogen-bond donors (Lipinski definition) is 1. The van der Waals surface area contributed by atoms with E-state index in [9.17, 15) is 13.2 Å². The molecule has 0 aliphatic heterocycles. The lowest BCUT2D eigenvalue weighted by molar-refractivity contribution is -0.144. The van der Waals surface area contributed by atoms with Crippen molar-refractivity contribution in [2.45, 2.75) is 31.9 Å². The van der Waals surface area contributed by atoms with Gasteiger partial charge < -0.3 is 4.98 Å². The average Bonchev–Trinajstić information content (AvgIpc) is 2.87. The maximum absolute atomic E-state index is 12.5. The molecular weight excluding hydrogens is 253 g/mol. The van der Waals surface area contributed by atoms with Gasteiger partial charge in [0.1, 0.15) is 0 Å². The van der Waals surface area contributed by atoms with Gasteiger partial charge in [-0.25, -0.2) is 4.98 Å². The van der Waals surface area contributed by atoms with E-state index in [4.69, 9.17) is 0 Å². The highest BCUT2D eigenvalue weighted by Crippen LogP contribution is 2.30. The number of benzene rings is 1. The van der Waals surface area contributed by atoms with E-state index in [0.29, 0.717) is 5.69 Å². The molecule has 0 radical (unpaired) electrons. The molecule has 0 bridgehead atoms. The van der Waals surface area contributed by atoms with Gasteiger partial charge in [0.25, 0.3) is 0 Å². The summed E-state index contributed by atoms with van der Waals surface area (Å²) >= 11 is 0. The van der Waals surface area contributed by atoms with Gasteiger partial charge >= 0.3 is 6.18 Å². The van der Waals surface area contributed by atoms with Gasteiger partial charge in [-0.3, -0.25) is 0 Å². The highest BCUT2D eigenvalue weighted by Gasteiger charge is 2.34. The Morgan fingerprint density at radius 1 is 1.05 bits per heavy atom. The minimum Gasteiger partial charge on any atom is -0.334 e. The Balaban J connectivity index is 1.96. The summed E-state index contributed by atoms with van der Waals surface area (Å²) in [6.45, 7) is 0. The van der Waals surface area contributed by atoms with Crippen molar-refractivity contribution in [1.29, 1.82) is 0 Å². The van der Waals surface area contributed by atoms with E-state index < -0.39 is 12.0 Å². The number of nitrogens with zero attached hydrogens (tertiary/aromatic N) is 1. The van der Waals surface area contributed by atoms with Crippen LogP contribution >= 0.6 is 0 Å². The van der Waals surface area contributed by atoms with Crippen LogP contribution in [0.5, 0.6) is 0 Å². The van der Waals surface area contributed by atoms with Crippen molar-refractivity contribution in [2.24, 2.45) is 0 Å². The van der Waals surface area contributed by atoms with E-state index in [1.165, 1.54) is 23.7 Å². The molecular formula is C14H13F3N2. The van der Waals surface area contributed by atoms with E-state index in [2.05, 4.69) is 9.97 Å². The standard InChI is InChI=1S/C14H13F3N2/c15-14(16,17)13-18-8-12(19-13)11-6-5-9-3-1-2-4-10(9)7-11/h5-8H,1-4H2,(H,18,19). The first-order chi connectivity index (χ1) is 9.04. The Morgan fingerprint density at radius 2 is 1.79 bits per heavy atom. The number of nitrogens with one attached hydrogen (secondary N) is 1. The lowest BCUT2D eigenvalue weighted by Crippen LogP contribution is -2.07. The van der Waals surface area contributed by atoms with Crippen LogP contribution in [0.15, 0.2) is 24.4 Å². The summed E-state index contributed by atoms with van der Waals surface area (Å²) in [4.78, 5) is 5.74. The summed E-state index contributed by atoms with van der Waals surface area (Å²) in [5, 5.41) is 0. The van der Waals surface area contributed by atoms with Crippen molar-refractivity contribution in [2.75, 3.05) is 0 Å². The van der Waals surface area contributed by atoms with Gasteiger partial charge in [0.15, 0.2) is 0 Å². The number of rotatable bonds is 1. The minimum atomic E-state index is -4.42. The van der Waals surface area contributed by atoms with Gasteiger partial charge in [0, 0.05) is 0 Å². The third-order valence-corrected chi connectivity index (χ3v) is 3.50. The molecule has 1 aliphatic carbocycles. The van der Waals surface area contributed by atoms with Crippen molar-refractivity contribution < 1.29 is 13.2 Å². The first-order valence-corrected chi connectivity index (χ1v) is 6.28. The fourth-order valence-corrected chi connectivity index (χ4v) is 2.51. The van der Waals surface area contributed by atoms with Gasteiger partial charge in [-0.15, -0.1) is 0 Å². The average molecular weight is 266 g/mol. The van der Waals surface area contributed by atoms with Crippen LogP contribution in [-0.4, -0.2) is 9.97 Å². The zero-order valence-electron chi connectivity index (χ0n) is 10.2. The third kappa shape index (κ3) is 2.37.